The van der Waals surface area contributed by atoms with Crippen molar-refractivity contribution in [2.24, 2.45) is 5.92 Å². The van der Waals surface area contributed by atoms with Gasteiger partial charge in [-0.2, -0.15) is 0 Å². The third-order valence-corrected chi connectivity index (χ3v) is 4.51. The molecule has 0 saturated carbocycles. The largest absolute Gasteiger partial charge is 0.379 e. The summed E-state index contributed by atoms with van der Waals surface area (Å²) in [6, 6.07) is 0. The minimum absolute atomic E-state index is 0.0863. The van der Waals surface area contributed by atoms with Crippen LogP contribution in [0.5, 0.6) is 0 Å². The van der Waals surface area contributed by atoms with Gasteiger partial charge in [-0.15, -0.1) is 11.8 Å². The Bertz CT molecular complexity index is 296. The van der Waals surface area contributed by atoms with E-state index in [4.69, 9.17) is 4.74 Å². The van der Waals surface area contributed by atoms with Gasteiger partial charge in [-0.25, -0.2) is 0 Å². The molecule has 0 spiro atoms. The second-order valence-corrected chi connectivity index (χ2v) is 5.87. The molecule has 0 radical (unpaired) electrons. The number of methoxy groups -OCH3 is 1. The summed E-state index contributed by atoms with van der Waals surface area (Å²) in [5, 5.41) is 0. The predicted molar refractivity (Wildman–Crippen MR) is 71.0 cm³/mol. The van der Waals surface area contributed by atoms with Crippen LogP contribution < -0.4 is 0 Å². The van der Waals surface area contributed by atoms with Crippen molar-refractivity contribution in [2.75, 3.05) is 32.6 Å². The van der Waals surface area contributed by atoms with Gasteiger partial charge < -0.3 is 9.64 Å². The van der Waals surface area contributed by atoms with E-state index in [-0.39, 0.29) is 5.92 Å². The Hall–Kier alpha value is -0.480. The van der Waals surface area contributed by atoms with Crippen LogP contribution in [0.3, 0.4) is 0 Å². The molecule has 3 nitrogen and oxygen atoms in total. The SMILES string of the molecule is COCC1=CC(C(=O)N2CCCCCC2)CS1. The minimum Gasteiger partial charge on any atom is -0.379 e. The molecule has 1 atom stereocenters. The van der Waals surface area contributed by atoms with Crippen molar-refractivity contribution < 1.29 is 9.53 Å². The number of amides is 1. The van der Waals surface area contributed by atoms with Crippen LogP contribution in [0.2, 0.25) is 0 Å². The molecule has 0 bridgehead atoms. The number of likely N-dealkylation sites (tertiary alicyclic amines) is 1. The highest BCUT2D eigenvalue weighted by Gasteiger charge is 2.27. The molecule has 2 heterocycles. The molecular formula is C13H21NO2S. The second kappa shape index (κ2) is 6.45. The molecule has 2 aliphatic heterocycles. The van der Waals surface area contributed by atoms with E-state index in [0.717, 1.165) is 18.8 Å². The molecule has 0 N–H and O–H groups in total. The number of rotatable bonds is 3. The van der Waals surface area contributed by atoms with Gasteiger partial charge >= 0.3 is 0 Å². The second-order valence-electron chi connectivity index (χ2n) is 4.72. The fraction of sp³-hybridized carbons (Fsp3) is 0.769. The number of hydrogen-bond donors (Lipinski definition) is 0. The van der Waals surface area contributed by atoms with Crippen LogP contribution in [-0.2, 0) is 9.53 Å². The highest BCUT2D eigenvalue weighted by Crippen LogP contribution is 2.30. The first-order valence-corrected chi connectivity index (χ1v) is 7.41. The third-order valence-electron chi connectivity index (χ3n) is 3.36. The molecule has 1 unspecified atom stereocenters. The van der Waals surface area contributed by atoms with E-state index in [1.165, 1.54) is 30.6 Å². The van der Waals surface area contributed by atoms with E-state index in [2.05, 4.69) is 11.0 Å². The van der Waals surface area contributed by atoms with E-state index in [1.807, 2.05) is 0 Å². The highest BCUT2D eigenvalue weighted by molar-refractivity contribution is 8.03. The third kappa shape index (κ3) is 3.49. The number of thioether (sulfide) groups is 1. The van der Waals surface area contributed by atoms with Crippen molar-refractivity contribution in [3.63, 3.8) is 0 Å². The van der Waals surface area contributed by atoms with E-state index >= 15 is 0 Å². The van der Waals surface area contributed by atoms with Crippen molar-refractivity contribution in [1.82, 2.24) is 4.90 Å². The fourth-order valence-electron chi connectivity index (χ4n) is 2.42. The van der Waals surface area contributed by atoms with Gasteiger partial charge in [0.25, 0.3) is 0 Å². The van der Waals surface area contributed by atoms with Crippen molar-refractivity contribution in [1.29, 1.82) is 0 Å². The molecular weight excluding hydrogens is 234 g/mol. The van der Waals surface area contributed by atoms with Crippen LogP contribution in [0.25, 0.3) is 0 Å². The van der Waals surface area contributed by atoms with Gasteiger partial charge in [0, 0.05) is 30.9 Å². The van der Waals surface area contributed by atoms with E-state index < -0.39 is 0 Å². The monoisotopic (exact) mass is 255 g/mol. The number of ether oxygens (including phenoxy) is 1. The van der Waals surface area contributed by atoms with E-state index in [1.54, 1.807) is 18.9 Å². The Balaban J connectivity index is 1.91. The summed E-state index contributed by atoms with van der Waals surface area (Å²) < 4.78 is 5.11. The van der Waals surface area contributed by atoms with Crippen molar-refractivity contribution in [3.8, 4) is 0 Å². The average molecular weight is 255 g/mol. The van der Waals surface area contributed by atoms with Gasteiger partial charge in [0.2, 0.25) is 5.91 Å². The molecule has 0 aromatic carbocycles. The van der Waals surface area contributed by atoms with E-state index in [9.17, 15) is 4.79 Å². The van der Waals surface area contributed by atoms with Crippen LogP contribution in [0.1, 0.15) is 25.7 Å². The molecule has 2 aliphatic rings. The maximum Gasteiger partial charge on any atom is 0.230 e. The first-order valence-electron chi connectivity index (χ1n) is 6.42. The lowest BCUT2D eigenvalue weighted by Gasteiger charge is -2.22. The van der Waals surface area contributed by atoms with Crippen LogP contribution in [0, 0.1) is 5.92 Å². The lowest BCUT2D eigenvalue weighted by Crippen LogP contribution is -2.36. The van der Waals surface area contributed by atoms with Crippen LogP contribution in [-0.4, -0.2) is 43.4 Å². The summed E-state index contributed by atoms with van der Waals surface area (Å²) >= 11 is 1.76. The van der Waals surface area contributed by atoms with Gasteiger partial charge in [0.15, 0.2) is 0 Å². The number of hydrogen-bond acceptors (Lipinski definition) is 3. The Morgan fingerprint density at radius 1 is 1.41 bits per heavy atom. The highest BCUT2D eigenvalue weighted by atomic mass is 32.2. The summed E-state index contributed by atoms with van der Waals surface area (Å²) in [6.07, 6.45) is 6.98. The van der Waals surface area contributed by atoms with Crippen molar-refractivity contribution in [2.45, 2.75) is 25.7 Å². The normalized spacial score (nSPS) is 25.6. The standard InChI is InChI=1S/C13H21NO2S/c1-16-9-12-8-11(10-17-12)13(15)14-6-4-2-3-5-7-14/h8,11H,2-7,9-10H2,1H3. The topological polar surface area (TPSA) is 29.5 Å². The lowest BCUT2D eigenvalue weighted by atomic mass is 10.1. The predicted octanol–water partition coefficient (Wildman–Crippen LogP) is 2.28. The fourth-order valence-corrected chi connectivity index (χ4v) is 3.51. The van der Waals surface area contributed by atoms with Crippen molar-refractivity contribution >= 4 is 17.7 Å². The molecule has 17 heavy (non-hydrogen) atoms. The molecule has 1 amide bonds. The quantitative estimate of drug-likeness (QED) is 0.775. The van der Waals surface area contributed by atoms with Gasteiger partial charge in [-0.05, 0) is 12.8 Å². The molecule has 1 fully saturated rings. The first kappa shape index (κ1) is 13.0. The Morgan fingerprint density at radius 2 is 2.12 bits per heavy atom. The zero-order chi connectivity index (χ0) is 12.1. The van der Waals surface area contributed by atoms with E-state index in [0.29, 0.717) is 12.5 Å². The minimum atomic E-state index is 0.0863. The molecule has 0 aromatic rings. The molecule has 0 aliphatic carbocycles. The molecule has 0 aromatic heterocycles. The zero-order valence-electron chi connectivity index (χ0n) is 10.5. The maximum absolute atomic E-state index is 12.3. The van der Waals surface area contributed by atoms with Crippen LogP contribution in [0.15, 0.2) is 11.0 Å². The number of carbonyl (C=O) groups is 1. The van der Waals surface area contributed by atoms with Gasteiger partial charge in [-0.1, -0.05) is 18.9 Å². The molecule has 96 valence electrons. The van der Waals surface area contributed by atoms with Gasteiger partial charge in [-0.3, -0.25) is 4.79 Å². The summed E-state index contributed by atoms with van der Waals surface area (Å²) in [5.74, 6) is 1.31. The molecule has 2 rings (SSSR count). The molecule has 4 heteroatoms. The van der Waals surface area contributed by atoms with Crippen molar-refractivity contribution in [3.05, 3.63) is 11.0 Å². The lowest BCUT2D eigenvalue weighted by molar-refractivity contribution is -0.133. The summed E-state index contributed by atoms with van der Waals surface area (Å²) in [5.41, 5.74) is 0. The van der Waals surface area contributed by atoms with Gasteiger partial charge in [0.1, 0.15) is 0 Å². The summed E-state index contributed by atoms with van der Waals surface area (Å²) in [7, 11) is 1.70. The first-order chi connectivity index (χ1) is 8.31. The van der Waals surface area contributed by atoms with Gasteiger partial charge in [0.05, 0.1) is 12.5 Å². The van der Waals surface area contributed by atoms with Crippen LogP contribution >= 0.6 is 11.8 Å². The Morgan fingerprint density at radius 3 is 2.76 bits per heavy atom. The Labute approximate surface area is 108 Å². The average Bonchev–Trinajstić information content (AvgIpc) is 2.64. The maximum atomic E-state index is 12.3. The zero-order valence-corrected chi connectivity index (χ0v) is 11.3. The smallest absolute Gasteiger partial charge is 0.230 e. The molecule has 1 saturated heterocycles. The summed E-state index contributed by atoms with van der Waals surface area (Å²) in [6.45, 7) is 2.55. The number of nitrogens with zero attached hydrogens (tertiary/aromatic N) is 1. The Kier molecular flexibility index (Phi) is 4.92. The number of carbonyl (C=O) groups excluding carboxylic acids is 1. The van der Waals surface area contributed by atoms with Crippen LogP contribution in [0.4, 0.5) is 0 Å². The summed E-state index contributed by atoms with van der Waals surface area (Å²) in [4.78, 5) is 15.6.